The number of rotatable bonds is 2. The third-order valence-electron chi connectivity index (χ3n) is 3.00. The maximum absolute atomic E-state index is 12.2. The Balaban J connectivity index is 2.34. The lowest BCUT2D eigenvalue weighted by Gasteiger charge is -2.15. The van der Waals surface area contributed by atoms with Gasteiger partial charge in [0.25, 0.3) is 11.6 Å². The molecular weight excluding hydrogens is 256 g/mol. The van der Waals surface area contributed by atoms with Gasteiger partial charge in [-0.25, -0.2) is 0 Å². The quantitative estimate of drug-likeness (QED) is 0.470. The molecule has 1 heterocycles. The first-order chi connectivity index (χ1) is 8.49. The molecule has 0 aliphatic carbocycles. The van der Waals surface area contributed by atoms with Crippen molar-refractivity contribution in [3.05, 3.63) is 39.4 Å². The second-order valence-corrected chi connectivity index (χ2v) is 5.03. The molecule has 1 unspecified atom stereocenters. The highest BCUT2D eigenvalue weighted by Gasteiger charge is 2.29. The van der Waals surface area contributed by atoms with Crippen LogP contribution in [0.3, 0.4) is 0 Å². The first-order valence-electron chi connectivity index (χ1n) is 5.67. The number of benzene rings is 1. The number of nitro groups is 1. The Morgan fingerprint density at radius 3 is 2.83 bits per heavy atom. The van der Waals surface area contributed by atoms with Gasteiger partial charge in [-0.1, -0.05) is 6.07 Å². The van der Waals surface area contributed by atoms with Crippen LogP contribution < -0.4 is 0 Å². The summed E-state index contributed by atoms with van der Waals surface area (Å²) < 4.78 is 0. The summed E-state index contributed by atoms with van der Waals surface area (Å²) in [4.78, 5) is 24.2. The number of hydrogen-bond acceptors (Lipinski definition) is 3. The van der Waals surface area contributed by atoms with Crippen LogP contribution in [0.1, 0.15) is 22.3 Å². The summed E-state index contributed by atoms with van der Waals surface area (Å²) in [6, 6.07) is 4.56. The number of hydrogen-bond donors (Lipinski definition) is 0. The molecule has 5 nitrogen and oxygen atoms in total. The van der Waals surface area contributed by atoms with Gasteiger partial charge < -0.3 is 4.90 Å². The van der Waals surface area contributed by atoms with Gasteiger partial charge in [0.15, 0.2) is 0 Å². The number of nitrogens with zero attached hydrogens (tertiary/aromatic N) is 2. The minimum atomic E-state index is -0.527. The zero-order chi connectivity index (χ0) is 13.3. The Bertz CT molecular complexity index is 504. The van der Waals surface area contributed by atoms with E-state index in [1.54, 1.807) is 24.0 Å². The monoisotopic (exact) mass is 268 g/mol. The third-order valence-corrected chi connectivity index (χ3v) is 3.35. The van der Waals surface area contributed by atoms with Gasteiger partial charge >= 0.3 is 0 Å². The average Bonchev–Trinajstić information content (AvgIpc) is 2.74. The van der Waals surface area contributed by atoms with Crippen molar-refractivity contribution in [1.29, 1.82) is 0 Å². The van der Waals surface area contributed by atoms with Crippen molar-refractivity contribution in [3.8, 4) is 0 Å². The van der Waals surface area contributed by atoms with E-state index in [1.165, 1.54) is 6.07 Å². The second-order valence-electron chi connectivity index (χ2n) is 4.41. The normalized spacial score (nSPS) is 19.0. The smallest absolute Gasteiger partial charge is 0.282 e. The van der Waals surface area contributed by atoms with E-state index < -0.39 is 4.92 Å². The highest BCUT2D eigenvalue weighted by Crippen LogP contribution is 2.24. The summed E-state index contributed by atoms with van der Waals surface area (Å²) in [5.41, 5.74) is 0.819. The second kappa shape index (κ2) is 4.94. The van der Waals surface area contributed by atoms with E-state index >= 15 is 0 Å². The predicted octanol–water partition coefficient (Wildman–Crippen LogP) is 2.36. The van der Waals surface area contributed by atoms with Crippen LogP contribution in [0.4, 0.5) is 5.69 Å². The van der Waals surface area contributed by atoms with Gasteiger partial charge in [0.2, 0.25) is 0 Å². The molecule has 0 radical (unpaired) electrons. The molecule has 96 valence electrons. The number of aryl methyl sites for hydroxylation is 1. The maximum Gasteiger partial charge on any atom is 0.282 e. The number of likely N-dealkylation sites (tertiary alicyclic amines) is 1. The molecule has 0 spiro atoms. The summed E-state index contributed by atoms with van der Waals surface area (Å²) in [5.74, 6) is -0.312. The molecule has 1 aromatic rings. The van der Waals surface area contributed by atoms with Crippen LogP contribution in [-0.4, -0.2) is 34.2 Å². The van der Waals surface area contributed by atoms with Crippen LogP contribution in [0.5, 0.6) is 0 Å². The minimum absolute atomic E-state index is 0.0576. The molecule has 18 heavy (non-hydrogen) atoms. The number of amides is 1. The molecule has 1 amide bonds. The summed E-state index contributed by atoms with van der Waals surface area (Å²) >= 11 is 5.94. The minimum Gasteiger partial charge on any atom is -0.337 e. The van der Waals surface area contributed by atoms with Gasteiger partial charge in [-0.05, 0) is 25.0 Å². The zero-order valence-corrected chi connectivity index (χ0v) is 10.7. The fourth-order valence-electron chi connectivity index (χ4n) is 2.05. The van der Waals surface area contributed by atoms with Crippen LogP contribution >= 0.6 is 11.6 Å². The van der Waals surface area contributed by atoms with E-state index in [9.17, 15) is 14.9 Å². The van der Waals surface area contributed by atoms with Crippen LogP contribution in [-0.2, 0) is 0 Å². The third kappa shape index (κ3) is 2.46. The van der Waals surface area contributed by atoms with Gasteiger partial charge in [0, 0.05) is 19.2 Å². The molecule has 1 atom stereocenters. The molecular formula is C12H13ClN2O3. The van der Waals surface area contributed by atoms with Crippen molar-refractivity contribution in [3.63, 3.8) is 0 Å². The Hall–Kier alpha value is -1.62. The number of carbonyl (C=O) groups excluding carboxylic acids is 1. The van der Waals surface area contributed by atoms with E-state index in [2.05, 4.69) is 0 Å². The summed E-state index contributed by atoms with van der Waals surface area (Å²) in [7, 11) is 0. The largest absolute Gasteiger partial charge is 0.337 e. The fraction of sp³-hybridized carbons (Fsp3) is 0.417. The van der Waals surface area contributed by atoms with Crippen LogP contribution in [0.2, 0.25) is 0 Å². The molecule has 0 N–H and O–H groups in total. The van der Waals surface area contributed by atoms with Gasteiger partial charge in [-0.2, -0.15) is 0 Å². The lowest BCUT2D eigenvalue weighted by molar-refractivity contribution is -0.385. The molecule has 0 aromatic heterocycles. The first kappa shape index (κ1) is 12.8. The standard InChI is InChI=1S/C12H13ClN2O3/c1-8-2-3-11(15(17)18)10(6-8)12(16)14-5-4-9(13)7-14/h2-3,6,9H,4-5,7H2,1H3. The zero-order valence-electron chi connectivity index (χ0n) is 9.93. The highest BCUT2D eigenvalue weighted by atomic mass is 35.5. The number of nitro benzene ring substituents is 1. The van der Waals surface area contributed by atoms with Gasteiger partial charge in [0.05, 0.1) is 10.3 Å². The van der Waals surface area contributed by atoms with E-state index in [4.69, 9.17) is 11.6 Å². The summed E-state index contributed by atoms with van der Waals surface area (Å²) in [6.45, 7) is 2.80. The Kier molecular flexibility index (Phi) is 3.52. The van der Waals surface area contributed by atoms with Gasteiger partial charge in [-0.3, -0.25) is 14.9 Å². The van der Waals surface area contributed by atoms with Crippen molar-refractivity contribution in [1.82, 2.24) is 4.90 Å². The number of alkyl halides is 1. The summed E-state index contributed by atoms with van der Waals surface area (Å²) in [5, 5.41) is 10.9. The first-order valence-corrected chi connectivity index (χ1v) is 6.11. The number of carbonyl (C=O) groups is 1. The Morgan fingerprint density at radius 1 is 1.56 bits per heavy atom. The average molecular weight is 269 g/mol. The SMILES string of the molecule is Cc1ccc([N+](=O)[O-])c(C(=O)N2CCC(Cl)C2)c1. The maximum atomic E-state index is 12.2. The van der Waals surface area contributed by atoms with Crippen LogP contribution in [0, 0.1) is 17.0 Å². The number of halogens is 1. The lowest BCUT2D eigenvalue weighted by Crippen LogP contribution is -2.29. The van der Waals surface area contributed by atoms with E-state index in [-0.39, 0.29) is 22.5 Å². The topological polar surface area (TPSA) is 63.5 Å². The van der Waals surface area contributed by atoms with Crippen molar-refractivity contribution in [2.24, 2.45) is 0 Å². The fourth-order valence-corrected chi connectivity index (χ4v) is 2.32. The Labute approximate surface area is 109 Å². The van der Waals surface area contributed by atoms with Crippen molar-refractivity contribution >= 4 is 23.2 Å². The molecule has 1 aromatic carbocycles. The van der Waals surface area contributed by atoms with Crippen molar-refractivity contribution < 1.29 is 9.72 Å². The van der Waals surface area contributed by atoms with E-state index in [0.717, 1.165) is 12.0 Å². The van der Waals surface area contributed by atoms with Gasteiger partial charge in [0.1, 0.15) is 5.56 Å². The van der Waals surface area contributed by atoms with Crippen LogP contribution in [0.15, 0.2) is 18.2 Å². The highest BCUT2D eigenvalue weighted by molar-refractivity contribution is 6.21. The molecule has 1 aliphatic heterocycles. The molecule has 2 rings (SSSR count). The molecule has 1 fully saturated rings. The predicted molar refractivity (Wildman–Crippen MR) is 68.0 cm³/mol. The molecule has 1 saturated heterocycles. The molecule has 6 heteroatoms. The van der Waals surface area contributed by atoms with Crippen LogP contribution in [0.25, 0.3) is 0 Å². The van der Waals surface area contributed by atoms with Crippen molar-refractivity contribution in [2.75, 3.05) is 13.1 Å². The lowest BCUT2D eigenvalue weighted by atomic mass is 10.1. The van der Waals surface area contributed by atoms with E-state index in [0.29, 0.717) is 13.1 Å². The van der Waals surface area contributed by atoms with Crippen molar-refractivity contribution in [2.45, 2.75) is 18.7 Å². The summed E-state index contributed by atoms with van der Waals surface area (Å²) in [6.07, 6.45) is 0.729. The Morgan fingerprint density at radius 2 is 2.28 bits per heavy atom. The molecule has 0 bridgehead atoms. The van der Waals surface area contributed by atoms with Gasteiger partial charge in [-0.15, -0.1) is 11.6 Å². The molecule has 1 aliphatic rings. The molecule has 0 saturated carbocycles. The van der Waals surface area contributed by atoms with E-state index in [1.807, 2.05) is 0 Å².